The molecule has 30 heavy (non-hydrogen) atoms. The first-order valence-electron chi connectivity index (χ1n) is 9.10. The zero-order valence-corrected chi connectivity index (χ0v) is 16.8. The van der Waals surface area contributed by atoms with Crippen molar-refractivity contribution >= 4 is 34.7 Å². The summed E-state index contributed by atoms with van der Waals surface area (Å²) in [4.78, 5) is 25.8. The van der Waals surface area contributed by atoms with Crippen LogP contribution in [0.2, 0.25) is 0 Å². The van der Waals surface area contributed by atoms with Crippen LogP contribution in [0.4, 0.5) is 11.5 Å². The molecule has 0 saturated heterocycles. The number of methoxy groups -OCH3 is 1. The van der Waals surface area contributed by atoms with Crippen LogP contribution in [-0.4, -0.2) is 29.1 Å². The Bertz CT molecular complexity index is 1180. The summed E-state index contributed by atoms with van der Waals surface area (Å²) in [5.74, 6) is 0.416. The van der Waals surface area contributed by atoms with Gasteiger partial charge in [-0.05, 0) is 35.7 Å². The lowest BCUT2D eigenvalue weighted by Gasteiger charge is -2.10. The number of thiophene rings is 1. The molecule has 4 aromatic rings. The van der Waals surface area contributed by atoms with Crippen molar-refractivity contribution in [3.8, 4) is 17.0 Å². The summed E-state index contributed by atoms with van der Waals surface area (Å²) in [6, 6.07) is 19.6. The Morgan fingerprint density at radius 1 is 0.967 bits per heavy atom. The first kappa shape index (κ1) is 19.4. The van der Waals surface area contributed by atoms with Crippen molar-refractivity contribution in [1.82, 2.24) is 10.2 Å². The van der Waals surface area contributed by atoms with Gasteiger partial charge in [-0.1, -0.05) is 30.3 Å². The highest BCUT2D eigenvalue weighted by atomic mass is 32.1. The maximum absolute atomic E-state index is 12.8. The molecule has 0 aliphatic rings. The second-order valence-electron chi connectivity index (χ2n) is 6.30. The van der Waals surface area contributed by atoms with Gasteiger partial charge in [-0.15, -0.1) is 11.3 Å². The minimum atomic E-state index is -0.379. The molecule has 0 unspecified atom stereocenters. The number of anilines is 2. The van der Waals surface area contributed by atoms with Crippen LogP contribution in [0.3, 0.4) is 0 Å². The molecule has 0 fully saturated rings. The molecule has 4 rings (SSSR count). The van der Waals surface area contributed by atoms with Gasteiger partial charge in [0.25, 0.3) is 11.8 Å². The molecule has 3 N–H and O–H groups in total. The molecule has 0 saturated carbocycles. The number of rotatable bonds is 6. The third-order valence-electron chi connectivity index (χ3n) is 4.38. The molecule has 0 aliphatic heterocycles. The Kier molecular flexibility index (Phi) is 5.58. The topological polar surface area (TPSA) is 96.1 Å². The first-order chi connectivity index (χ1) is 14.7. The van der Waals surface area contributed by atoms with Crippen LogP contribution in [0.5, 0.6) is 5.75 Å². The van der Waals surface area contributed by atoms with Gasteiger partial charge in [0.05, 0.1) is 28.9 Å². The molecule has 0 aliphatic carbocycles. The Morgan fingerprint density at radius 3 is 2.57 bits per heavy atom. The van der Waals surface area contributed by atoms with Crippen LogP contribution in [0, 0.1) is 0 Å². The van der Waals surface area contributed by atoms with Gasteiger partial charge in [-0.3, -0.25) is 14.7 Å². The Morgan fingerprint density at radius 2 is 1.77 bits per heavy atom. The Balaban J connectivity index is 1.53. The summed E-state index contributed by atoms with van der Waals surface area (Å²) >= 11 is 1.33. The van der Waals surface area contributed by atoms with E-state index in [0.717, 1.165) is 5.56 Å². The maximum Gasteiger partial charge on any atom is 0.265 e. The normalized spacial score (nSPS) is 10.4. The van der Waals surface area contributed by atoms with Gasteiger partial charge in [0, 0.05) is 11.6 Å². The number of aromatic amines is 1. The molecular weight excluding hydrogens is 400 g/mol. The predicted octanol–water partition coefficient (Wildman–Crippen LogP) is 4.65. The standard InChI is InChI=1S/C22H18N4O3S/c1-29-18-10-5-3-7-14(18)17-13-20(26-25-17)24-21(27)15-8-2-4-9-16(15)23-22(28)19-11-6-12-30-19/h2-13H,1H3,(H,23,28)(H2,24,25,26,27). The third kappa shape index (κ3) is 4.08. The second kappa shape index (κ2) is 8.62. The minimum Gasteiger partial charge on any atom is -0.496 e. The SMILES string of the molecule is COc1ccccc1-c1cc(NC(=O)c2ccccc2NC(=O)c2cccs2)n[nH]1. The molecule has 0 bridgehead atoms. The number of H-pyrrole nitrogens is 1. The molecular formula is C22H18N4O3S. The summed E-state index contributed by atoms with van der Waals surface area (Å²) < 4.78 is 5.37. The number of carbonyl (C=O) groups is 2. The van der Waals surface area contributed by atoms with Crippen molar-refractivity contribution in [2.45, 2.75) is 0 Å². The first-order valence-corrected chi connectivity index (χ1v) is 9.97. The fourth-order valence-electron chi connectivity index (χ4n) is 2.96. The number of nitrogens with one attached hydrogen (secondary N) is 3. The average Bonchev–Trinajstić information content (AvgIpc) is 3.46. The highest BCUT2D eigenvalue weighted by Gasteiger charge is 2.16. The van der Waals surface area contributed by atoms with Crippen LogP contribution < -0.4 is 15.4 Å². The fraction of sp³-hybridized carbons (Fsp3) is 0.0455. The van der Waals surface area contributed by atoms with Gasteiger partial charge < -0.3 is 15.4 Å². The molecule has 7 nitrogen and oxygen atoms in total. The summed E-state index contributed by atoms with van der Waals surface area (Å²) in [5, 5.41) is 14.5. The van der Waals surface area contributed by atoms with Crippen molar-refractivity contribution in [2.24, 2.45) is 0 Å². The molecule has 0 spiro atoms. The van der Waals surface area contributed by atoms with Crippen LogP contribution in [0.15, 0.2) is 72.1 Å². The van der Waals surface area contributed by atoms with E-state index in [1.165, 1.54) is 11.3 Å². The van der Waals surface area contributed by atoms with Crippen molar-refractivity contribution in [1.29, 1.82) is 0 Å². The molecule has 2 amide bonds. The number of ether oxygens (including phenoxy) is 1. The molecule has 2 aromatic carbocycles. The number of amides is 2. The van der Waals surface area contributed by atoms with Gasteiger partial charge in [0.2, 0.25) is 0 Å². The average molecular weight is 418 g/mol. The third-order valence-corrected chi connectivity index (χ3v) is 5.25. The Hall–Kier alpha value is -3.91. The zero-order valence-electron chi connectivity index (χ0n) is 16.0. The van der Waals surface area contributed by atoms with Crippen LogP contribution in [-0.2, 0) is 0 Å². The molecule has 8 heteroatoms. The second-order valence-corrected chi connectivity index (χ2v) is 7.25. The number of carbonyl (C=O) groups excluding carboxylic acids is 2. The van der Waals surface area contributed by atoms with Crippen molar-refractivity contribution < 1.29 is 14.3 Å². The van der Waals surface area contributed by atoms with E-state index in [9.17, 15) is 9.59 Å². The largest absolute Gasteiger partial charge is 0.496 e. The summed E-state index contributed by atoms with van der Waals surface area (Å²) in [7, 11) is 1.60. The summed E-state index contributed by atoms with van der Waals surface area (Å²) in [6.45, 7) is 0. The lowest BCUT2D eigenvalue weighted by atomic mass is 10.1. The highest BCUT2D eigenvalue weighted by molar-refractivity contribution is 7.12. The van der Waals surface area contributed by atoms with Crippen molar-refractivity contribution in [3.63, 3.8) is 0 Å². The van der Waals surface area contributed by atoms with Crippen molar-refractivity contribution in [2.75, 3.05) is 17.7 Å². The van der Waals surface area contributed by atoms with E-state index in [4.69, 9.17) is 4.74 Å². The van der Waals surface area contributed by atoms with E-state index in [1.807, 2.05) is 29.6 Å². The number of aromatic nitrogens is 2. The summed E-state index contributed by atoms with van der Waals surface area (Å²) in [6.07, 6.45) is 0. The molecule has 150 valence electrons. The van der Waals surface area contributed by atoms with Crippen molar-refractivity contribution in [3.05, 3.63) is 82.6 Å². The fourth-order valence-corrected chi connectivity index (χ4v) is 3.58. The number of nitrogens with zero attached hydrogens (tertiary/aromatic N) is 1. The van der Waals surface area contributed by atoms with E-state index < -0.39 is 0 Å². The van der Waals surface area contributed by atoms with E-state index in [1.54, 1.807) is 49.6 Å². The van der Waals surface area contributed by atoms with Crippen LogP contribution >= 0.6 is 11.3 Å². The minimum absolute atomic E-state index is 0.261. The van der Waals surface area contributed by atoms with Gasteiger partial charge >= 0.3 is 0 Å². The number of hydrogen-bond donors (Lipinski definition) is 3. The van der Waals surface area contributed by atoms with Gasteiger partial charge in [0.15, 0.2) is 5.82 Å². The molecule has 0 atom stereocenters. The van der Waals surface area contributed by atoms with Crippen LogP contribution in [0.1, 0.15) is 20.0 Å². The number of hydrogen-bond acceptors (Lipinski definition) is 5. The zero-order chi connectivity index (χ0) is 20.9. The lowest BCUT2D eigenvalue weighted by Crippen LogP contribution is -2.17. The number of benzene rings is 2. The van der Waals surface area contributed by atoms with Gasteiger partial charge in [-0.2, -0.15) is 5.10 Å². The summed E-state index contributed by atoms with van der Waals surface area (Å²) in [5.41, 5.74) is 2.30. The highest BCUT2D eigenvalue weighted by Crippen LogP contribution is 2.29. The monoisotopic (exact) mass is 418 g/mol. The van der Waals surface area contributed by atoms with E-state index in [0.29, 0.717) is 33.4 Å². The lowest BCUT2D eigenvalue weighted by molar-refractivity contribution is 0.102. The van der Waals surface area contributed by atoms with Gasteiger partial charge in [-0.25, -0.2) is 0 Å². The smallest absolute Gasteiger partial charge is 0.265 e. The Labute approximate surface area is 176 Å². The van der Waals surface area contributed by atoms with Crippen LogP contribution in [0.25, 0.3) is 11.3 Å². The maximum atomic E-state index is 12.8. The van der Waals surface area contributed by atoms with E-state index in [-0.39, 0.29) is 11.8 Å². The molecule has 2 heterocycles. The predicted molar refractivity (Wildman–Crippen MR) is 117 cm³/mol. The quantitative estimate of drug-likeness (QED) is 0.425. The van der Waals surface area contributed by atoms with E-state index >= 15 is 0 Å². The molecule has 0 radical (unpaired) electrons. The molecule has 2 aromatic heterocycles. The van der Waals surface area contributed by atoms with E-state index in [2.05, 4.69) is 20.8 Å². The van der Waals surface area contributed by atoms with Gasteiger partial charge in [0.1, 0.15) is 5.75 Å². The number of para-hydroxylation sites is 2.